The second-order valence-electron chi connectivity index (χ2n) is 6.75. The standard InChI is InChI=1S/C21H19F2N3O/c22-16-5-3-4-15(12-16)13-25-11-10-24-20(25)14-26(17-8-9-17)21(27)18-6-1-2-7-19(18)23/h1-7,10-12,17H,8-9,13-14H2. The van der Waals surface area contributed by atoms with Gasteiger partial charge in [0.05, 0.1) is 12.1 Å². The van der Waals surface area contributed by atoms with Gasteiger partial charge >= 0.3 is 0 Å². The molecule has 138 valence electrons. The largest absolute Gasteiger partial charge is 0.329 e. The summed E-state index contributed by atoms with van der Waals surface area (Å²) >= 11 is 0. The normalized spacial score (nSPS) is 13.6. The van der Waals surface area contributed by atoms with Crippen LogP contribution in [-0.4, -0.2) is 26.4 Å². The van der Waals surface area contributed by atoms with Crippen molar-refractivity contribution in [3.8, 4) is 0 Å². The minimum absolute atomic E-state index is 0.0765. The van der Waals surface area contributed by atoms with Crippen LogP contribution in [0.25, 0.3) is 0 Å². The summed E-state index contributed by atoms with van der Waals surface area (Å²) in [5.74, 6) is -0.438. The van der Waals surface area contributed by atoms with Gasteiger partial charge in [-0.15, -0.1) is 0 Å². The van der Waals surface area contributed by atoms with Gasteiger partial charge in [-0.2, -0.15) is 0 Å². The molecule has 2 aromatic carbocycles. The average Bonchev–Trinajstić information content (AvgIpc) is 3.41. The highest BCUT2D eigenvalue weighted by molar-refractivity contribution is 5.94. The Bertz CT molecular complexity index is 965. The number of amides is 1. The molecule has 0 atom stereocenters. The summed E-state index contributed by atoms with van der Waals surface area (Å²) in [5, 5.41) is 0. The van der Waals surface area contributed by atoms with Crippen LogP contribution in [0.3, 0.4) is 0 Å². The molecule has 0 radical (unpaired) electrons. The molecule has 1 fully saturated rings. The molecule has 3 aromatic rings. The molecule has 1 heterocycles. The molecule has 6 heteroatoms. The van der Waals surface area contributed by atoms with Gasteiger partial charge in [0, 0.05) is 25.0 Å². The van der Waals surface area contributed by atoms with Crippen molar-refractivity contribution in [2.45, 2.75) is 32.0 Å². The SMILES string of the molecule is O=C(c1ccccc1F)N(Cc1nccn1Cc1cccc(F)c1)C1CC1. The Morgan fingerprint density at radius 3 is 2.70 bits per heavy atom. The highest BCUT2D eigenvalue weighted by Crippen LogP contribution is 2.30. The van der Waals surface area contributed by atoms with E-state index in [1.807, 2.05) is 10.6 Å². The van der Waals surface area contributed by atoms with Crippen LogP contribution in [-0.2, 0) is 13.1 Å². The van der Waals surface area contributed by atoms with Crippen molar-refractivity contribution >= 4 is 5.91 Å². The number of aromatic nitrogens is 2. The van der Waals surface area contributed by atoms with Gasteiger partial charge in [-0.1, -0.05) is 24.3 Å². The molecule has 0 spiro atoms. The number of rotatable bonds is 6. The molecular weight excluding hydrogens is 348 g/mol. The smallest absolute Gasteiger partial charge is 0.257 e. The van der Waals surface area contributed by atoms with E-state index in [-0.39, 0.29) is 23.3 Å². The molecule has 1 aromatic heterocycles. The summed E-state index contributed by atoms with van der Waals surface area (Å²) in [6.07, 6.45) is 5.28. The first-order valence-corrected chi connectivity index (χ1v) is 8.92. The predicted molar refractivity (Wildman–Crippen MR) is 97.0 cm³/mol. The Hall–Kier alpha value is -3.02. The molecule has 0 aliphatic heterocycles. The van der Waals surface area contributed by atoms with Gasteiger partial charge in [-0.05, 0) is 42.7 Å². The van der Waals surface area contributed by atoms with Gasteiger partial charge in [0.25, 0.3) is 5.91 Å². The summed E-state index contributed by atoms with van der Waals surface area (Å²) in [6.45, 7) is 0.750. The van der Waals surface area contributed by atoms with Crippen molar-refractivity contribution < 1.29 is 13.6 Å². The van der Waals surface area contributed by atoms with Crippen LogP contribution < -0.4 is 0 Å². The maximum atomic E-state index is 14.1. The number of benzene rings is 2. The molecule has 1 aliphatic carbocycles. The summed E-state index contributed by atoms with van der Waals surface area (Å²) in [6, 6.07) is 12.5. The fraction of sp³-hybridized carbons (Fsp3) is 0.238. The van der Waals surface area contributed by atoms with Gasteiger partial charge in [0.15, 0.2) is 0 Å². The Morgan fingerprint density at radius 2 is 1.96 bits per heavy atom. The number of carbonyl (C=O) groups is 1. The highest BCUT2D eigenvalue weighted by Gasteiger charge is 2.34. The minimum Gasteiger partial charge on any atom is -0.329 e. The lowest BCUT2D eigenvalue weighted by molar-refractivity contribution is 0.0719. The van der Waals surface area contributed by atoms with Crippen LogP contribution in [0.1, 0.15) is 34.6 Å². The molecule has 27 heavy (non-hydrogen) atoms. The molecular formula is C21H19F2N3O. The lowest BCUT2D eigenvalue weighted by Gasteiger charge is -2.23. The Kier molecular flexibility index (Phi) is 4.71. The van der Waals surface area contributed by atoms with Gasteiger partial charge < -0.3 is 9.47 Å². The quantitative estimate of drug-likeness (QED) is 0.660. The second-order valence-corrected chi connectivity index (χ2v) is 6.75. The van der Waals surface area contributed by atoms with E-state index in [1.165, 1.54) is 24.3 Å². The first-order valence-electron chi connectivity index (χ1n) is 8.92. The Labute approximate surface area is 156 Å². The minimum atomic E-state index is -0.517. The van der Waals surface area contributed by atoms with Gasteiger partial charge in [-0.25, -0.2) is 13.8 Å². The number of hydrogen-bond acceptors (Lipinski definition) is 2. The van der Waals surface area contributed by atoms with Crippen LogP contribution in [0.4, 0.5) is 8.78 Å². The third-order valence-electron chi connectivity index (χ3n) is 4.71. The number of hydrogen-bond donors (Lipinski definition) is 0. The van der Waals surface area contributed by atoms with E-state index in [0.29, 0.717) is 18.9 Å². The maximum absolute atomic E-state index is 14.1. The summed E-state index contributed by atoms with van der Waals surface area (Å²) in [5.41, 5.74) is 0.889. The van der Waals surface area contributed by atoms with Gasteiger partial charge in [0.2, 0.25) is 0 Å². The molecule has 0 N–H and O–H groups in total. The van der Waals surface area contributed by atoms with E-state index in [9.17, 15) is 13.6 Å². The average molecular weight is 367 g/mol. The fourth-order valence-corrected chi connectivity index (χ4v) is 3.16. The third kappa shape index (κ3) is 3.89. The van der Waals surface area contributed by atoms with E-state index in [4.69, 9.17) is 0 Å². The van der Waals surface area contributed by atoms with E-state index in [1.54, 1.807) is 35.5 Å². The lowest BCUT2D eigenvalue weighted by Crippen LogP contribution is -2.34. The molecule has 0 bridgehead atoms. The number of carbonyl (C=O) groups excluding carboxylic acids is 1. The molecule has 1 aliphatic rings. The zero-order valence-corrected chi connectivity index (χ0v) is 14.7. The summed E-state index contributed by atoms with van der Waals surface area (Å²) < 4.78 is 29.4. The predicted octanol–water partition coefficient (Wildman–Crippen LogP) is 4.01. The molecule has 4 rings (SSSR count). The van der Waals surface area contributed by atoms with Crippen molar-refractivity contribution in [1.29, 1.82) is 0 Å². The first-order chi connectivity index (χ1) is 13.1. The molecule has 0 unspecified atom stereocenters. The van der Waals surface area contributed by atoms with E-state index >= 15 is 0 Å². The Morgan fingerprint density at radius 1 is 1.15 bits per heavy atom. The van der Waals surface area contributed by atoms with E-state index in [0.717, 1.165) is 18.4 Å². The zero-order chi connectivity index (χ0) is 18.8. The van der Waals surface area contributed by atoms with Crippen LogP contribution in [0.15, 0.2) is 60.9 Å². The van der Waals surface area contributed by atoms with Crippen LogP contribution >= 0.6 is 0 Å². The lowest BCUT2D eigenvalue weighted by atomic mass is 10.2. The van der Waals surface area contributed by atoms with Crippen LogP contribution in [0.5, 0.6) is 0 Å². The van der Waals surface area contributed by atoms with Crippen molar-refractivity contribution in [3.63, 3.8) is 0 Å². The summed E-state index contributed by atoms with van der Waals surface area (Å²) in [4.78, 5) is 18.9. The maximum Gasteiger partial charge on any atom is 0.257 e. The number of nitrogens with zero attached hydrogens (tertiary/aromatic N) is 3. The molecule has 0 saturated heterocycles. The summed E-state index contributed by atoms with van der Waals surface area (Å²) in [7, 11) is 0. The number of imidazole rings is 1. The zero-order valence-electron chi connectivity index (χ0n) is 14.7. The fourth-order valence-electron chi connectivity index (χ4n) is 3.16. The van der Waals surface area contributed by atoms with E-state index in [2.05, 4.69) is 4.98 Å². The van der Waals surface area contributed by atoms with Crippen LogP contribution in [0.2, 0.25) is 0 Å². The van der Waals surface area contributed by atoms with Crippen molar-refractivity contribution in [2.24, 2.45) is 0 Å². The third-order valence-corrected chi connectivity index (χ3v) is 4.71. The van der Waals surface area contributed by atoms with Crippen molar-refractivity contribution in [2.75, 3.05) is 0 Å². The molecule has 1 amide bonds. The van der Waals surface area contributed by atoms with Gasteiger partial charge in [0.1, 0.15) is 17.5 Å². The van der Waals surface area contributed by atoms with Gasteiger partial charge in [-0.3, -0.25) is 4.79 Å². The monoisotopic (exact) mass is 367 g/mol. The second kappa shape index (κ2) is 7.31. The molecule has 4 nitrogen and oxygen atoms in total. The first kappa shape index (κ1) is 17.4. The molecule has 1 saturated carbocycles. The van der Waals surface area contributed by atoms with E-state index < -0.39 is 5.82 Å². The van der Waals surface area contributed by atoms with Crippen molar-refractivity contribution in [3.05, 3.63) is 89.5 Å². The topological polar surface area (TPSA) is 38.1 Å². The number of halogens is 2. The Balaban J connectivity index is 1.56. The van der Waals surface area contributed by atoms with Crippen molar-refractivity contribution in [1.82, 2.24) is 14.5 Å². The highest BCUT2D eigenvalue weighted by atomic mass is 19.1. The van der Waals surface area contributed by atoms with Crippen LogP contribution in [0, 0.1) is 11.6 Å².